The minimum Gasteiger partial charge on any atom is -0.394 e. The molecule has 0 radical (unpaired) electrons. The second-order valence-electron chi connectivity index (χ2n) is 4.13. The molecule has 8 heteroatoms. The van der Waals surface area contributed by atoms with Crippen LogP contribution in [0.5, 0.6) is 0 Å². The molecule has 2 heterocycles. The second kappa shape index (κ2) is 5.76. The predicted molar refractivity (Wildman–Crippen MR) is 68.5 cm³/mol. The molecule has 0 aliphatic rings. The van der Waals surface area contributed by atoms with Crippen LogP contribution in [-0.4, -0.2) is 54.2 Å². The molecule has 19 heavy (non-hydrogen) atoms. The summed E-state index contributed by atoms with van der Waals surface area (Å²) in [5.41, 5.74) is 2.62. The van der Waals surface area contributed by atoms with Crippen molar-refractivity contribution >= 4 is 11.3 Å². The molecule has 2 rings (SSSR count). The third-order valence-electron chi connectivity index (χ3n) is 2.79. The number of imidazole rings is 1. The van der Waals surface area contributed by atoms with Crippen molar-refractivity contribution in [1.29, 1.82) is 0 Å². The normalized spacial score (nSPS) is 16.3. The van der Waals surface area contributed by atoms with Gasteiger partial charge in [-0.2, -0.15) is 0 Å². The predicted octanol–water partition coefficient (Wildman–Crippen LogP) is -0.411. The number of hydrogen-bond acceptors (Lipinski definition) is 7. The molecule has 2 aromatic rings. The van der Waals surface area contributed by atoms with Crippen molar-refractivity contribution in [2.75, 3.05) is 6.61 Å². The summed E-state index contributed by atoms with van der Waals surface area (Å²) in [7, 11) is 0. The third kappa shape index (κ3) is 2.82. The molecule has 104 valence electrons. The molecule has 0 unspecified atom stereocenters. The Kier molecular flexibility index (Phi) is 4.27. The van der Waals surface area contributed by atoms with Crippen LogP contribution in [0.1, 0.15) is 16.7 Å². The highest BCUT2D eigenvalue weighted by atomic mass is 32.1. The van der Waals surface area contributed by atoms with E-state index in [1.165, 1.54) is 17.5 Å². The van der Waals surface area contributed by atoms with Crippen molar-refractivity contribution in [2.45, 2.75) is 25.2 Å². The molecule has 0 aliphatic carbocycles. The molecule has 0 saturated carbocycles. The number of aromatic amines is 1. The van der Waals surface area contributed by atoms with Gasteiger partial charge in [-0.3, -0.25) is 0 Å². The highest BCUT2D eigenvalue weighted by Crippen LogP contribution is 2.24. The van der Waals surface area contributed by atoms with Gasteiger partial charge in [0.25, 0.3) is 0 Å². The largest absolute Gasteiger partial charge is 0.394 e. The number of nitrogens with zero attached hydrogens (tertiary/aromatic N) is 2. The minimum absolute atomic E-state index is 0.252. The zero-order valence-electron chi connectivity index (χ0n) is 10.2. The molecule has 0 amide bonds. The molecule has 0 spiro atoms. The van der Waals surface area contributed by atoms with Gasteiger partial charge in [0.2, 0.25) is 0 Å². The van der Waals surface area contributed by atoms with Gasteiger partial charge in [-0.05, 0) is 6.92 Å². The van der Waals surface area contributed by atoms with Crippen LogP contribution in [0.25, 0.3) is 11.5 Å². The van der Waals surface area contributed by atoms with Crippen molar-refractivity contribution < 1.29 is 20.4 Å². The van der Waals surface area contributed by atoms with Crippen molar-refractivity contribution in [3.8, 4) is 11.5 Å². The van der Waals surface area contributed by atoms with Crippen LogP contribution >= 0.6 is 11.3 Å². The van der Waals surface area contributed by atoms with Crippen LogP contribution < -0.4 is 0 Å². The zero-order valence-corrected chi connectivity index (χ0v) is 11.0. The van der Waals surface area contributed by atoms with Crippen molar-refractivity contribution in [1.82, 2.24) is 15.0 Å². The Hall–Kier alpha value is -1.32. The molecule has 3 atom stereocenters. The van der Waals surface area contributed by atoms with E-state index < -0.39 is 24.9 Å². The van der Waals surface area contributed by atoms with Gasteiger partial charge in [0.15, 0.2) is 5.82 Å². The van der Waals surface area contributed by atoms with Crippen LogP contribution in [0.3, 0.4) is 0 Å². The summed E-state index contributed by atoms with van der Waals surface area (Å²) in [5, 5.41) is 37.5. The maximum absolute atomic E-state index is 9.86. The third-order valence-corrected chi connectivity index (χ3v) is 3.55. The Morgan fingerprint density at radius 2 is 2.05 bits per heavy atom. The van der Waals surface area contributed by atoms with E-state index in [4.69, 9.17) is 5.11 Å². The van der Waals surface area contributed by atoms with E-state index in [0.29, 0.717) is 11.5 Å². The minimum atomic E-state index is -1.49. The van der Waals surface area contributed by atoms with Gasteiger partial charge in [0.05, 0.1) is 24.0 Å². The molecule has 0 bridgehead atoms. The van der Waals surface area contributed by atoms with E-state index in [9.17, 15) is 15.3 Å². The van der Waals surface area contributed by atoms with Crippen molar-refractivity contribution in [3.05, 3.63) is 22.3 Å². The number of aliphatic hydroxyl groups is 4. The van der Waals surface area contributed by atoms with Gasteiger partial charge in [-0.25, -0.2) is 9.97 Å². The lowest BCUT2D eigenvalue weighted by Gasteiger charge is -2.20. The molecule has 0 aliphatic heterocycles. The Bertz CT molecular complexity index is 542. The molecule has 2 aromatic heterocycles. The number of aromatic nitrogens is 3. The maximum atomic E-state index is 9.86. The lowest BCUT2D eigenvalue weighted by Crippen LogP contribution is -2.34. The Morgan fingerprint density at radius 3 is 2.63 bits per heavy atom. The van der Waals surface area contributed by atoms with Gasteiger partial charge in [-0.1, -0.05) is 0 Å². The maximum Gasteiger partial charge on any atom is 0.157 e. The van der Waals surface area contributed by atoms with Crippen LogP contribution in [0.15, 0.2) is 11.7 Å². The molecule has 7 nitrogen and oxygen atoms in total. The summed E-state index contributed by atoms with van der Waals surface area (Å²) in [6, 6.07) is 0. The van der Waals surface area contributed by atoms with E-state index in [2.05, 4.69) is 15.0 Å². The number of rotatable bonds is 5. The van der Waals surface area contributed by atoms with E-state index in [1.807, 2.05) is 6.92 Å². The molecule has 0 saturated heterocycles. The van der Waals surface area contributed by atoms with Crippen LogP contribution in [0.2, 0.25) is 0 Å². The molecule has 0 aromatic carbocycles. The highest BCUT2D eigenvalue weighted by molar-refractivity contribution is 7.10. The lowest BCUT2D eigenvalue weighted by molar-refractivity contribution is -0.0788. The average Bonchev–Trinajstić information content (AvgIpc) is 3.04. The van der Waals surface area contributed by atoms with E-state index in [-0.39, 0.29) is 5.69 Å². The number of H-pyrrole nitrogens is 1. The first-order chi connectivity index (χ1) is 9.04. The number of nitrogens with one attached hydrogen (secondary N) is 1. The quantitative estimate of drug-likeness (QED) is 0.509. The molecular weight excluding hydrogens is 270 g/mol. The fourth-order valence-electron chi connectivity index (χ4n) is 1.64. The smallest absolute Gasteiger partial charge is 0.157 e. The number of aliphatic hydroxyl groups excluding tert-OH is 4. The van der Waals surface area contributed by atoms with Crippen molar-refractivity contribution in [2.24, 2.45) is 0 Å². The summed E-state index contributed by atoms with van der Waals surface area (Å²) < 4.78 is 0. The molecule has 0 fully saturated rings. The van der Waals surface area contributed by atoms with Gasteiger partial charge < -0.3 is 25.4 Å². The Morgan fingerprint density at radius 1 is 1.32 bits per heavy atom. The number of thiazole rings is 1. The fraction of sp³-hybridized carbons (Fsp3) is 0.455. The van der Waals surface area contributed by atoms with E-state index in [0.717, 1.165) is 4.88 Å². The molecule has 5 N–H and O–H groups in total. The average molecular weight is 285 g/mol. The van der Waals surface area contributed by atoms with Gasteiger partial charge >= 0.3 is 0 Å². The van der Waals surface area contributed by atoms with Crippen LogP contribution in [-0.2, 0) is 0 Å². The Labute approximate surface area is 113 Å². The summed E-state index contributed by atoms with van der Waals surface area (Å²) >= 11 is 1.48. The first kappa shape index (κ1) is 14.1. The van der Waals surface area contributed by atoms with E-state index >= 15 is 0 Å². The van der Waals surface area contributed by atoms with Crippen LogP contribution in [0.4, 0.5) is 0 Å². The fourth-order valence-corrected chi connectivity index (χ4v) is 2.22. The Balaban J connectivity index is 2.19. The number of hydrogen-bond donors (Lipinski definition) is 5. The summed E-state index contributed by atoms with van der Waals surface area (Å²) in [5.74, 6) is 0.485. The summed E-state index contributed by atoms with van der Waals surface area (Å²) in [4.78, 5) is 12.1. The van der Waals surface area contributed by atoms with Crippen LogP contribution in [0, 0.1) is 6.92 Å². The highest BCUT2D eigenvalue weighted by Gasteiger charge is 2.27. The lowest BCUT2D eigenvalue weighted by atomic mass is 10.1. The van der Waals surface area contributed by atoms with Gasteiger partial charge in [0, 0.05) is 4.88 Å². The first-order valence-electron chi connectivity index (χ1n) is 5.65. The summed E-state index contributed by atoms with van der Waals surface area (Å²) in [6.07, 6.45) is -2.90. The topological polar surface area (TPSA) is 122 Å². The SMILES string of the molecule is Cc1scnc1-c1ncc([C@@H](O)[C@H](O)[C@H](O)CO)[nH]1. The monoisotopic (exact) mass is 285 g/mol. The van der Waals surface area contributed by atoms with Gasteiger partial charge in [-0.15, -0.1) is 11.3 Å². The van der Waals surface area contributed by atoms with Gasteiger partial charge in [0.1, 0.15) is 24.0 Å². The zero-order chi connectivity index (χ0) is 14.0. The van der Waals surface area contributed by atoms with E-state index in [1.54, 1.807) is 5.51 Å². The second-order valence-corrected chi connectivity index (χ2v) is 5.19. The van der Waals surface area contributed by atoms with Crippen molar-refractivity contribution in [3.63, 3.8) is 0 Å². The standard InChI is InChI=1S/C11H15N3O4S/c1-5-8(13-4-19-5)11-12-2-6(14-11)9(17)10(18)7(16)3-15/h2,4,7,9-10,15-18H,3H2,1H3,(H,12,14)/t7-,9-,10-/m1/s1. The summed E-state index contributed by atoms with van der Waals surface area (Å²) in [6.45, 7) is 1.26. The first-order valence-corrected chi connectivity index (χ1v) is 6.53. The number of aryl methyl sites for hydroxylation is 1. The molecular formula is C11H15N3O4S.